The van der Waals surface area contributed by atoms with Gasteiger partial charge in [0.15, 0.2) is 0 Å². The van der Waals surface area contributed by atoms with E-state index in [1.165, 1.54) is 0 Å². The lowest BCUT2D eigenvalue weighted by atomic mass is 10.3. The number of hydrogen-bond acceptors (Lipinski definition) is 4. The molecule has 0 spiro atoms. The van der Waals surface area contributed by atoms with Gasteiger partial charge in [-0.05, 0) is 51.3 Å². The minimum Gasteiger partial charge on any atom is -0.320 e. The molecule has 0 aromatic carbocycles. The fourth-order valence-electron chi connectivity index (χ4n) is 1.27. The van der Waals surface area contributed by atoms with E-state index in [0.29, 0.717) is 6.54 Å². The molecule has 0 radical (unpaired) electrons. The highest BCUT2D eigenvalue weighted by Gasteiger charge is 2.08. The second-order valence-corrected chi connectivity index (χ2v) is 6.64. The van der Waals surface area contributed by atoms with Crippen molar-refractivity contribution in [1.82, 2.24) is 10.0 Å². The van der Waals surface area contributed by atoms with E-state index >= 15 is 0 Å². The van der Waals surface area contributed by atoms with Crippen LogP contribution in [0.4, 0.5) is 0 Å². The van der Waals surface area contributed by atoms with E-state index in [0.717, 1.165) is 38.0 Å². The molecular formula is C10H24N2O2S2. The number of sulfonamides is 1. The van der Waals surface area contributed by atoms with Crippen LogP contribution in [-0.2, 0) is 10.0 Å². The van der Waals surface area contributed by atoms with Gasteiger partial charge in [0.1, 0.15) is 0 Å². The van der Waals surface area contributed by atoms with Crippen LogP contribution < -0.4 is 10.0 Å². The second kappa shape index (κ2) is 10.4. The Balaban J connectivity index is 3.47. The van der Waals surface area contributed by atoms with Crippen LogP contribution >= 0.6 is 11.8 Å². The summed E-state index contributed by atoms with van der Waals surface area (Å²) in [6.07, 6.45) is 5.69. The van der Waals surface area contributed by atoms with Crippen molar-refractivity contribution in [2.45, 2.75) is 25.7 Å². The number of nitrogens with one attached hydrogen (secondary N) is 2. The summed E-state index contributed by atoms with van der Waals surface area (Å²) < 4.78 is 25.6. The SMILES string of the molecule is CNCCCCS(=O)(=O)NCCCCSC. The minimum atomic E-state index is -3.03. The fraction of sp³-hybridized carbons (Fsp3) is 1.00. The Morgan fingerprint density at radius 3 is 2.38 bits per heavy atom. The summed E-state index contributed by atoms with van der Waals surface area (Å²) in [5.74, 6) is 1.35. The summed E-state index contributed by atoms with van der Waals surface area (Å²) in [5.41, 5.74) is 0. The molecule has 0 aliphatic heterocycles. The maximum atomic E-state index is 11.5. The highest BCUT2D eigenvalue weighted by atomic mass is 32.2. The number of hydrogen-bond donors (Lipinski definition) is 2. The van der Waals surface area contributed by atoms with Crippen LogP contribution in [0.1, 0.15) is 25.7 Å². The van der Waals surface area contributed by atoms with E-state index in [9.17, 15) is 8.42 Å². The first-order chi connectivity index (χ1) is 7.62. The van der Waals surface area contributed by atoms with Crippen molar-refractivity contribution in [3.05, 3.63) is 0 Å². The third kappa shape index (κ3) is 10.7. The van der Waals surface area contributed by atoms with Crippen LogP contribution in [0.5, 0.6) is 0 Å². The molecule has 0 amide bonds. The summed E-state index contributed by atoms with van der Waals surface area (Å²) in [6.45, 7) is 1.46. The first-order valence-electron chi connectivity index (χ1n) is 5.73. The first kappa shape index (κ1) is 16.2. The summed E-state index contributed by atoms with van der Waals surface area (Å²) in [5, 5.41) is 3.00. The molecule has 0 fully saturated rings. The number of thioether (sulfide) groups is 1. The summed E-state index contributed by atoms with van der Waals surface area (Å²) in [7, 11) is -1.16. The Morgan fingerprint density at radius 2 is 1.75 bits per heavy atom. The van der Waals surface area contributed by atoms with Gasteiger partial charge in [-0.15, -0.1) is 0 Å². The van der Waals surface area contributed by atoms with Gasteiger partial charge in [-0.25, -0.2) is 13.1 Å². The zero-order chi connectivity index (χ0) is 12.3. The van der Waals surface area contributed by atoms with Gasteiger partial charge in [0.2, 0.25) is 10.0 Å². The van der Waals surface area contributed by atoms with E-state index < -0.39 is 10.0 Å². The first-order valence-corrected chi connectivity index (χ1v) is 8.78. The highest BCUT2D eigenvalue weighted by Crippen LogP contribution is 1.99. The molecule has 4 nitrogen and oxygen atoms in total. The molecule has 2 N–H and O–H groups in total. The standard InChI is InChI=1S/C10H24N2O2S2/c1-11-7-4-6-10-16(13,14)12-8-3-5-9-15-2/h11-12H,3-10H2,1-2H3. The van der Waals surface area contributed by atoms with Crippen LogP contribution in [0.3, 0.4) is 0 Å². The summed E-state index contributed by atoms with van der Waals surface area (Å²) >= 11 is 1.79. The zero-order valence-corrected chi connectivity index (χ0v) is 11.9. The van der Waals surface area contributed by atoms with Crippen molar-refractivity contribution in [3.63, 3.8) is 0 Å². The predicted molar refractivity (Wildman–Crippen MR) is 72.6 cm³/mol. The Bertz CT molecular complexity index is 243. The molecule has 0 atom stereocenters. The van der Waals surface area contributed by atoms with E-state index in [-0.39, 0.29) is 5.75 Å². The van der Waals surface area contributed by atoms with Crippen molar-refractivity contribution >= 4 is 21.8 Å². The quantitative estimate of drug-likeness (QED) is 0.550. The lowest BCUT2D eigenvalue weighted by molar-refractivity contribution is 0.573. The van der Waals surface area contributed by atoms with Gasteiger partial charge in [-0.2, -0.15) is 11.8 Å². The Morgan fingerprint density at radius 1 is 1.06 bits per heavy atom. The zero-order valence-electron chi connectivity index (χ0n) is 10.3. The molecule has 0 saturated heterocycles. The minimum absolute atomic E-state index is 0.247. The molecule has 6 heteroatoms. The van der Waals surface area contributed by atoms with Crippen LogP contribution in [0.15, 0.2) is 0 Å². The van der Waals surface area contributed by atoms with Gasteiger partial charge in [-0.1, -0.05) is 0 Å². The average molecular weight is 268 g/mol. The van der Waals surface area contributed by atoms with Crippen LogP contribution in [0.25, 0.3) is 0 Å². The van der Waals surface area contributed by atoms with Crippen molar-refractivity contribution in [2.24, 2.45) is 0 Å². The van der Waals surface area contributed by atoms with Crippen molar-refractivity contribution < 1.29 is 8.42 Å². The lowest BCUT2D eigenvalue weighted by Crippen LogP contribution is -2.27. The largest absolute Gasteiger partial charge is 0.320 e. The fourth-order valence-corrected chi connectivity index (χ4v) is 2.94. The van der Waals surface area contributed by atoms with E-state index in [1.54, 1.807) is 11.8 Å². The molecule has 0 aromatic rings. The van der Waals surface area contributed by atoms with E-state index in [2.05, 4.69) is 16.3 Å². The Labute approximate surface area is 104 Å². The molecule has 98 valence electrons. The van der Waals surface area contributed by atoms with Gasteiger partial charge >= 0.3 is 0 Å². The smallest absolute Gasteiger partial charge is 0.211 e. The third-order valence-electron chi connectivity index (χ3n) is 2.19. The maximum absolute atomic E-state index is 11.5. The molecule has 0 rings (SSSR count). The Kier molecular flexibility index (Phi) is 10.5. The Hall–Kier alpha value is 0.220. The molecule has 0 aromatic heterocycles. The van der Waals surface area contributed by atoms with Crippen molar-refractivity contribution in [1.29, 1.82) is 0 Å². The molecule has 0 aliphatic carbocycles. The summed E-state index contributed by atoms with van der Waals surface area (Å²) in [6, 6.07) is 0. The van der Waals surface area contributed by atoms with E-state index in [4.69, 9.17) is 0 Å². The highest BCUT2D eigenvalue weighted by molar-refractivity contribution is 7.98. The monoisotopic (exact) mass is 268 g/mol. The molecule has 0 bridgehead atoms. The molecule has 16 heavy (non-hydrogen) atoms. The molecular weight excluding hydrogens is 244 g/mol. The molecule has 0 unspecified atom stereocenters. The van der Waals surface area contributed by atoms with Gasteiger partial charge < -0.3 is 5.32 Å². The van der Waals surface area contributed by atoms with Crippen LogP contribution in [0, 0.1) is 0 Å². The molecule has 0 heterocycles. The average Bonchev–Trinajstić information content (AvgIpc) is 2.24. The maximum Gasteiger partial charge on any atom is 0.211 e. The van der Waals surface area contributed by atoms with Crippen molar-refractivity contribution in [2.75, 3.05) is 37.9 Å². The van der Waals surface area contributed by atoms with Gasteiger partial charge in [0.25, 0.3) is 0 Å². The van der Waals surface area contributed by atoms with Crippen LogP contribution in [0.2, 0.25) is 0 Å². The predicted octanol–water partition coefficient (Wildman–Crippen LogP) is 1.05. The third-order valence-corrected chi connectivity index (χ3v) is 4.35. The molecule has 0 saturated carbocycles. The number of unbranched alkanes of at least 4 members (excludes halogenated alkanes) is 2. The van der Waals surface area contributed by atoms with E-state index in [1.807, 2.05) is 7.05 Å². The lowest BCUT2D eigenvalue weighted by Gasteiger charge is -2.06. The molecule has 0 aliphatic rings. The van der Waals surface area contributed by atoms with Crippen molar-refractivity contribution in [3.8, 4) is 0 Å². The second-order valence-electron chi connectivity index (χ2n) is 3.72. The normalized spacial score (nSPS) is 11.9. The van der Waals surface area contributed by atoms with Crippen LogP contribution in [-0.4, -0.2) is 46.3 Å². The topological polar surface area (TPSA) is 58.2 Å². The van der Waals surface area contributed by atoms with Gasteiger partial charge in [-0.3, -0.25) is 0 Å². The summed E-state index contributed by atoms with van der Waals surface area (Å²) in [4.78, 5) is 0. The van der Waals surface area contributed by atoms with Gasteiger partial charge in [0, 0.05) is 6.54 Å². The number of rotatable bonds is 11. The van der Waals surface area contributed by atoms with Gasteiger partial charge in [0.05, 0.1) is 5.75 Å².